The van der Waals surface area contributed by atoms with E-state index in [4.69, 9.17) is 0 Å². The van der Waals surface area contributed by atoms with Crippen molar-refractivity contribution in [3.05, 3.63) is 60.8 Å². The molecule has 1 amide bonds. The van der Waals surface area contributed by atoms with E-state index >= 15 is 0 Å². The zero-order valence-electron chi connectivity index (χ0n) is 30.6. The lowest BCUT2D eigenvalue weighted by Crippen LogP contribution is -2.45. The summed E-state index contributed by atoms with van der Waals surface area (Å²) in [5.41, 5.74) is 0. The molecule has 0 fully saturated rings. The van der Waals surface area contributed by atoms with E-state index in [1.807, 2.05) is 6.08 Å². The molecule has 0 rings (SSSR count). The summed E-state index contributed by atoms with van der Waals surface area (Å²) in [5.74, 6) is -0.342. The molecule has 0 spiro atoms. The number of nitrogens with one attached hydrogen (secondary N) is 1. The Morgan fingerprint density at radius 1 is 0.553 bits per heavy atom. The van der Waals surface area contributed by atoms with E-state index in [0.29, 0.717) is 6.42 Å². The third kappa shape index (κ3) is 33.7. The first-order valence-electron chi connectivity index (χ1n) is 19.6. The third-order valence-electron chi connectivity index (χ3n) is 8.51. The minimum Gasteiger partial charge on any atom is -0.394 e. The standard InChI is InChI=1S/C42H75NO4/c1-3-5-7-9-11-13-15-17-19-20-22-24-26-28-30-32-34-36-41(46)40(38-44)43-42(47)37-39(45)35-33-31-29-27-25-23-21-18-16-14-12-10-8-6-4-2/h12,14,18-21,26,28,34,36,39-41,44-46H,3-11,13,15-17,22-25,27,29-33,35,37-38H2,1-2H3,(H,43,47)/b14-12-,20-19+,21-18-,28-26+,36-34+. The molecule has 0 aromatic rings. The molecule has 0 bridgehead atoms. The summed E-state index contributed by atoms with van der Waals surface area (Å²) in [6, 6.07) is -0.773. The van der Waals surface area contributed by atoms with Crippen LogP contribution < -0.4 is 5.32 Å². The van der Waals surface area contributed by atoms with E-state index in [0.717, 1.165) is 57.8 Å². The molecule has 0 aromatic carbocycles. The zero-order chi connectivity index (χ0) is 34.5. The maximum atomic E-state index is 12.4. The molecule has 272 valence electrons. The number of allylic oxidation sites excluding steroid dienone is 9. The zero-order valence-corrected chi connectivity index (χ0v) is 30.6. The van der Waals surface area contributed by atoms with Gasteiger partial charge in [0.15, 0.2) is 0 Å². The average molecular weight is 658 g/mol. The van der Waals surface area contributed by atoms with Crippen molar-refractivity contribution in [1.82, 2.24) is 5.32 Å². The predicted octanol–water partition coefficient (Wildman–Crippen LogP) is 10.8. The molecule has 5 nitrogen and oxygen atoms in total. The highest BCUT2D eigenvalue weighted by Gasteiger charge is 2.20. The maximum absolute atomic E-state index is 12.4. The molecule has 5 heteroatoms. The van der Waals surface area contributed by atoms with Crippen LogP contribution in [0.2, 0.25) is 0 Å². The van der Waals surface area contributed by atoms with Crippen molar-refractivity contribution in [3.8, 4) is 0 Å². The molecule has 0 aromatic heterocycles. The second kappa shape index (κ2) is 36.9. The number of carbonyl (C=O) groups is 1. The Kier molecular flexibility index (Phi) is 35.3. The molecular formula is C42H75NO4. The van der Waals surface area contributed by atoms with Gasteiger partial charge in [0.05, 0.1) is 31.3 Å². The fraction of sp³-hybridized carbons (Fsp3) is 0.738. The van der Waals surface area contributed by atoms with Crippen LogP contribution in [0.1, 0.15) is 174 Å². The van der Waals surface area contributed by atoms with Gasteiger partial charge in [0, 0.05) is 0 Å². The molecule has 0 aliphatic carbocycles. The van der Waals surface area contributed by atoms with Crippen LogP contribution >= 0.6 is 0 Å². The molecule has 47 heavy (non-hydrogen) atoms. The Bertz CT molecular complexity index is 815. The molecule has 0 aliphatic rings. The summed E-state index contributed by atoms with van der Waals surface area (Å²) in [6.07, 6.45) is 47.7. The minimum atomic E-state index is -0.964. The van der Waals surface area contributed by atoms with Crippen molar-refractivity contribution >= 4 is 5.91 Å². The molecule has 4 N–H and O–H groups in total. The van der Waals surface area contributed by atoms with Crippen molar-refractivity contribution in [2.45, 2.75) is 193 Å². The summed E-state index contributed by atoms with van der Waals surface area (Å²) in [5, 5.41) is 33.1. The molecule has 3 unspecified atom stereocenters. The first-order valence-corrected chi connectivity index (χ1v) is 19.6. The Morgan fingerprint density at radius 3 is 1.53 bits per heavy atom. The van der Waals surface area contributed by atoms with Gasteiger partial charge in [0.25, 0.3) is 0 Å². The Balaban J connectivity index is 3.84. The summed E-state index contributed by atoms with van der Waals surface area (Å²) < 4.78 is 0. The minimum absolute atomic E-state index is 0.0100. The summed E-state index contributed by atoms with van der Waals surface area (Å²) in [4.78, 5) is 12.4. The van der Waals surface area contributed by atoms with Gasteiger partial charge in [0.1, 0.15) is 0 Å². The Labute approximate surface area is 290 Å². The normalized spacial score (nSPS) is 14.4. The smallest absolute Gasteiger partial charge is 0.222 e. The summed E-state index contributed by atoms with van der Waals surface area (Å²) >= 11 is 0. The second-order valence-electron chi connectivity index (χ2n) is 13.2. The number of aliphatic hydroxyl groups excluding tert-OH is 3. The van der Waals surface area contributed by atoms with Gasteiger partial charge >= 0.3 is 0 Å². The lowest BCUT2D eigenvalue weighted by atomic mass is 10.0. The van der Waals surface area contributed by atoms with Gasteiger partial charge in [-0.15, -0.1) is 0 Å². The van der Waals surface area contributed by atoms with Gasteiger partial charge in [-0.3, -0.25) is 4.79 Å². The number of unbranched alkanes of at least 4 members (excludes halogenated alkanes) is 17. The molecule has 0 heterocycles. The largest absolute Gasteiger partial charge is 0.394 e. The van der Waals surface area contributed by atoms with Crippen LogP contribution in [0.25, 0.3) is 0 Å². The Morgan fingerprint density at radius 2 is 0.979 bits per heavy atom. The van der Waals surface area contributed by atoms with E-state index in [1.54, 1.807) is 6.08 Å². The molecule has 0 saturated heterocycles. The van der Waals surface area contributed by atoms with Crippen molar-refractivity contribution < 1.29 is 20.1 Å². The number of carbonyl (C=O) groups excluding carboxylic acids is 1. The maximum Gasteiger partial charge on any atom is 0.222 e. The fourth-order valence-electron chi connectivity index (χ4n) is 5.46. The quantitative estimate of drug-likeness (QED) is 0.0409. The highest BCUT2D eigenvalue weighted by molar-refractivity contribution is 5.76. The van der Waals surface area contributed by atoms with Crippen LogP contribution in [0.5, 0.6) is 0 Å². The van der Waals surface area contributed by atoms with Crippen molar-refractivity contribution in [3.63, 3.8) is 0 Å². The van der Waals surface area contributed by atoms with Crippen LogP contribution in [0, 0.1) is 0 Å². The molecule has 0 saturated carbocycles. The number of hydrogen-bond donors (Lipinski definition) is 4. The van der Waals surface area contributed by atoms with E-state index in [2.05, 4.69) is 67.8 Å². The van der Waals surface area contributed by atoms with Crippen molar-refractivity contribution in [1.29, 1.82) is 0 Å². The first kappa shape index (κ1) is 45.0. The third-order valence-corrected chi connectivity index (χ3v) is 8.51. The fourth-order valence-corrected chi connectivity index (χ4v) is 5.46. The lowest BCUT2D eigenvalue weighted by molar-refractivity contribution is -0.124. The SMILES string of the molecule is CCCCC/C=C\C/C=C\CCCCCCCC(O)CC(=O)NC(CO)C(O)/C=C/CC/C=C/CC/C=C/CCCCCCCCC. The van der Waals surface area contributed by atoms with Crippen LogP contribution in [0.15, 0.2) is 60.8 Å². The Hall–Kier alpha value is -1.95. The van der Waals surface area contributed by atoms with Gasteiger partial charge in [-0.05, 0) is 77.0 Å². The second-order valence-corrected chi connectivity index (χ2v) is 13.2. The molecule has 3 atom stereocenters. The average Bonchev–Trinajstić information content (AvgIpc) is 3.06. The van der Waals surface area contributed by atoms with Crippen LogP contribution in [-0.4, -0.2) is 46.1 Å². The van der Waals surface area contributed by atoms with E-state index < -0.39 is 18.2 Å². The van der Waals surface area contributed by atoms with Gasteiger partial charge in [-0.1, -0.05) is 152 Å². The van der Waals surface area contributed by atoms with Gasteiger partial charge in [0.2, 0.25) is 5.91 Å². The molecular weight excluding hydrogens is 582 g/mol. The molecule has 0 aliphatic heterocycles. The molecule has 0 radical (unpaired) electrons. The number of amides is 1. The monoisotopic (exact) mass is 658 g/mol. The number of rotatable bonds is 34. The number of hydrogen-bond acceptors (Lipinski definition) is 4. The first-order chi connectivity index (χ1) is 23.0. The van der Waals surface area contributed by atoms with E-state index in [9.17, 15) is 20.1 Å². The van der Waals surface area contributed by atoms with E-state index in [-0.39, 0.29) is 18.9 Å². The topological polar surface area (TPSA) is 89.8 Å². The highest BCUT2D eigenvalue weighted by Crippen LogP contribution is 2.12. The van der Waals surface area contributed by atoms with Crippen molar-refractivity contribution in [2.24, 2.45) is 0 Å². The van der Waals surface area contributed by atoms with E-state index in [1.165, 1.54) is 89.9 Å². The summed E-state index contributed by atoms with van der Waals surface area (Å²) in [6.45, 7) is 4.14. The highest BCUT2D eigenvalue weighted by atomic mass is 16.3. The van der Waals surface area contributed by atoms with Gasteiger partial charge < -0.3 is 20.6 Å². The van der Waals surface area contributed by atoms with Crippen LogP contribution in [-0.2, 0) is 4.79 Å². The summed E-state index contributed by atoms with van der Waals surface area (Å²) in [7, 11) is 0. The lowest BCUT2D eigenvalue weighted by Gasteiger charge is -2.20. The van der Waals surface area contributed by atoms with Gasteiger partial charge in [-0.2, -0.15) is 0 Å². The van der Waals surface area contributed by atoms with Crippen LogP contribution in [0.3, 0.4) is 0 Å². The van der Waals surface area contributed by atoms with Crippen molar-refractivity contribution in [2.75, 3.05) is 6.61 Å². The van der Waals surface area contributed by atoms with Gasteiger partial charge in [-0.25, -0.2) is 0 Å². The van der Waals surface area contributed by atoms with Crippen LogP contribution in [0.4, 0.5) is 0 Å². The number of aliphatic hydroxyl groups is 3. The predicted molar refractivity (Wildman–Crippen MR) is 204 cm³/mol.